The van der Waals surface area contributed by atoms with Gasteiger partial charge in [-0.25, -0.2) is 13.2 Å². The molecule has 0 aliphatic carbocycles. The second-order valence-corrected chi connectivity index (χ2v) is 7.55. The van der Waals surface area contributed by atoms with E-state index in [0.29, 0.717) is 24.9 Å². The first-order valence-corrected chi connectivity index (χ1v) is 9.02. The smallest absolute Gasteiger partial charge is 0.239 e. The second-order valence-electron chi connectivity index (χ2n) is 7.55. The van der Waals surface area contributed by atoms with Crippen molar-refractivity contribution in [1.82, 2.24) is 9.80 Å². The molecule has 3 atom stereocenters. The predicted octanol–water partition coefficient (Wildman–Crippen LogP) is 2.87. The molecular weight excluding hydrogens is 359 g/mol. The van der Waals surface area contributed by atoms with Crippen molar-refractivity contribution >= 4 is 17.5 Å². The molecule has 0 spiro atoms. The number of carbonyl (C=O) groups excluding carboxylic acids is 2. The molecule has 1 heterocycles. The number of nitrogens with one attached hydrogen (secondary N) is 1. The van der Waals surface area contributed by atoms with Crippen LogP contribution in [0.5, 0.6) is 0 Å². The summed E-state index contributed by atoms with van der Waals surface area (Å²) in [6.45, 7) is 7.10. The highest BCUT2D eigenvalue weighted by Gasteiger charge is 2.30. The summed E-state index contributed by atoms with van der Waals surface area (Å²) < 4.78 is 39.9. The van der Waals surface area contributed by atoms with Gasteiger partial charge in [0.1, 0.15) is 0 Å². The van der Waals surface area contributed by atoms with E-state index in [1.54, 1.807) is 18.9 Å². The molecule has 1 aromatic rings. The molecule has 150 valence electrons. The molecule has 2 rings (SSSR count). The first kappa shape index (κ1) is 21.2. The van der Waals surface area contributed by atoms with E-state index in [1.165, 1.54) is 0 Å². The van der Waals surface area contributed by atoms with Crippen molar-refractivity contribution < 1.29 is 22.8 Å². The number of likely N-dealkylation sites (N-methyl/N-ethyl adjacent to an activating group) is 1. The van der Waals surface area contributed by atoms with E-state index in [2.05, 4.69) is 19.2 Å². The Balaban J connectivity index is 1.95. The molecule has 1 aliphatic rings. The largest absolute Gasteiger partial charge is 0.341 e. The fraction of sp³-hybridized carbons (Fsp3) is 0.579. The zero-order chi connectivity index (χ0) is 20.3. The molecule has 0 aromatic heterocycles. The van der Waals surface area contributed by atoms with Crippen LogP contribution in [0.4, 0.5) is 18.9 Å². The second kappa shape index (κ2) is 8.73. The maximum absolute atomic E-state index is 13.7. The molecule has 0 radical (unpaired) electrons. The SMILES string of the molecule is C[C@@H]1C[C@@H](C)CN(C(=O)[C@@H](C)N(C)CC(=O)Nc2ccc(F)c(F)c2F)C1. The number of hydrogen-bond acceptors (Lipinski definition) is 3. The molecule has 2 amide bonds. The van der Waals surface area contributed by atoms with Crippen LogP contribution < -0.4 is 5.32 Å². The number of piperidine rings is 1. The molecule has 1 aliphatic heterocycles. The summed E-state index contributed by atoms with van der Waals surface area (Å²) in [6.07, 6.45) is 1.08. The minimum atomic E-state index is -1.64. The van der Waals surface area contributed by atoms with Crippen molar-refractivity contribution in [2.75, 3.05) is 32.0 Å². The van der Waals surface area contributed by atoms with Crippen LogP contribution >= 0.6 is 0 Å². The van der Waals surface area contributed by atoms with Gasteiger partial charge in [0.25, 0.3) is 0 Å². The zero-order valence-electron chi connectivity index (χ0n) is 16.1. The fourth-order valence-electron chi connectivity index (χ4n) is 3.47. The van der Waals surface area contributed by atoms with Crippen LogP contribution in [0.25, 0.3) is 0 Å². The van der Waals surface area contributed by atoms with Crippen LogP contribution in [0.1, 0.15) is 27.2 Å². The van der Waals surface area contributed by atoms with E-state index in [1.807, 2.05) is 4.90 Å². The first-order valence-electron chi connectivity index (χ1n) is 9.02. The number of rotatable bonds is 5. The van der Waals surface area contributed by atoms with Gasteiger partial charge < -0.3 is 10.2 Å². The first-order chi connectivity index (χ1) is 12.6. The quantitative estimate of drug-likeness (QED) is 0.793. The van der Waals surface area contributed by atoms with Gasteiger partial charge in [0.2, 0.25) is 11.8 Å². The Hall–Kier alpha value is -2.09. The molecule has 1 fully saturated rings. The molecule has 0 unspecified atom stereocenters. The van der Waals surface area contributed by atoms with E-state index in [9.17, 15) is 22.8 Å². The standard InChI is InChI=1S/C19H26F3N3O2/c1-11-7-12(2)9-25(8-11)19(27)13(3)24(4)10-16(26)23-15-6-5-14(20)17(21)18(15)22/h5-6,11-13H,7-10H2,1-4H3,(H,23,26)/t11-,12-,13-/m1/s1. The number of benzene rings is 1. The highest BCUT2D eigenvalue weighted by atomic mass is 19.2. The van der Waals surface area contributed by atoms with Crippen molar-refractivity contribution in [3.05, 3.63) is 29.6 Å². The highest BCUT2D eigenvalue weighted by molar-refractivity contribution is 5.93. The lowest BCUT2D eigenvalue weighted by Gasteiger charge is -2.38. The van der Waals surface area contributed by atoms with Crippen LogP contribution in [-0.2, 0) is 9.59 Å². The van der Waals surface area contributed by atoms with E-state index in [4.69, 9.17) is 0 Å². The summed E-state index contributed by atoms with van der Waals surface area (Å²) >= 11 is 0. The van der Waals surface area contributed by atoms with Crippen molar-refractivity contribution in [1.29, 1.82) is 0 Å². The van der Waals surface area contributed by atoms with Gasteiger partial charge in [-0.05, 0) is 44.4 Å². The van der Waals surface area contributed by atoms with Gasteiger partial charge in [-0.2, -0.15) is 0 Å². The van der Waals surface area contributed by atoms with Gasteiger partial charge >= 0.3 is 0 Å². The Kier molecular flexibility index (Phi) is 6.86. The molecule has 1 saturated heterocycles. The van der Waals surface area contributed by atoms with E-state index < -0.39 is 35.1 Å². The molecule has 8 heteroatoms. The van der Waals surface area contributed by atoms with Gasteiger partial charge in [0.15, 0.2) is 17.5 Å². The monoisotopic (exact) mass is 385 g/mol. The highest BCUT2D eigenvalue weighted by Crippen LogP contribution is 2.22. The van der Waals surface area contributed by atoms with Gasteiger partial charge in [-0.1, -0.05) is 13.8 Å². The molecule has 0 bridgehead atoms. The minimum absolute atomic E-state index is 0.0669. The summed E-state index contributed by atoms with van der Waals surface area (Å²) in [5.74, 6) is -4.26. The van der Waals surface area contributed by atoms with Crippen molar-refractivity contribution in [3.63, 3.8) is 0 Å². The summed E-state index contributed by atoms with van der Waals surface area (Å²) in [7, 11) is 1.61. The number of halogens is 3. The van der Waals surface area contributed by atoms with Crippen LogP contribution in [-0.4, -0.2) is 54.3 Å². The van der Waals surface area contributed by atoms with Gasteiger partial charge in [0.05, 0.1) is 18.3 Å². The maximum Gasteiger partial charge on any atom is 0.239 e. The summed E-state index contributed by atoms with van der Waals surface area (Å²) in [5.41, 5.74) is -0.440. The number of amides is 2. The van der Waals surface area contributed by atoms with Crippen LogP contribution in [0.15, 0.2) is 12.1 Å². The summed E-state index contributed by atoms with van der Waals surface area (Å²) in [4.78, 5) is 28.2. The molecule has 1 aromatic carbocycles. The normalized spacial score (nSPS) is 21.3. The van der Waals surface area contributed by atoms with Crippen molar-refractivity contribution in [2.24, 2.45) is 11.8 Å². The van der Waals surface area contributed by atoms with E-state index >= 15 is 0 Å². The van der Waals surface area contributed by atoms with Gasteiger partial charge in [-0.15, -0.1) is 0 Å². The molecule has 27 heavy (non-hydrogen) atoms. The lowest BCUT2D eigenvalue weighted by Crippen LogP contribution is -2.51. The third-order valence-electron chi connectivity index (χ3n) is 4.90. The zero-order valence-corrected chi connectivity index (χ0v) is 16.1. The summed E-state index contributed by atoms with van der Waals surface area (Å²) in [6, 6.07) is 1.15. The minimum Gasteiger partial charge on any atom is -0.341 e. The maximum atomic E-state index is 13.7. The van der Waals surface area contributed by atoms with Gasteiger partial charge in [0, 0.05) is 13.1 Å². The van der Waals surface area contributed by atoms with Crippen LogP contribution in [0.2, 0.25) is 0 Å². The van der Waals surface area contributed by atoms with E-state index in [-0.39, 0.29) is 12.5 Å². The Morgan fingerprint density at radius 2 is 1.78 bits per heavy atom. The molecule has 1 N–H and O–H groups in total. The average molecular weight is 385 g/mol. The van der Waals surface area contributed by atoms with Crippen LogP contribution in [0, 0.1) is 29.3 Å². The third-order valence-corrected chi connectivity index (χ3v) is 4.90. The molecule has 5 nitrogen and oxygen atoms in total. The number of hydrogen-bond donors (Lipinski definition) is 1. The number of likely N-dealkylation sites (tertiary alicyclic amines) is 1. The number of anilines is 1. The number of carbonyl (C=O) groups is 2. The Labute approximate surface area is 157 Å². The Bertz CT molecular complexity index is 704. The number of nitrogens with zero attached hydrogens (tertiary/aromatic N) is 2. The topological polar surface area (TPSA) is 52.7 Å². The molecular formula is C19H26F3N3O2. The Morgan fingerprint density at radius 3 is 2.37 bits per heavy atom. The average Bonchev–Trinajstić information content (AvgIpc) is 2.60. The van der Waals surface area contributed by atoms with E-state index in [0.717, 1.165) is 18.6 Å². The van der Waals surface area contributed by atoms with Gasteiger partial charge in [-0.3, -0.25) is 14.5 Å². The lowest BCUT2D eigenvalue weighted by molar-refractivity contribution is -0.139. The fourth-order valence-corrected chi connectivity index (χ4v) is 3.47. The summed E-state index contributed by atoms with van der Waals surface area (Å²) in [5, 5.41) is 2.21. The Morgan fingerprint density at radius 1 is 1.19 bits per heavy atom. The van der Waals surface area contributed by atoms with Crippen LogP contribution in [0.3, 0.4) is 0 Å². The van der Waals surface area contributed by atoms with Crippen molar-refractivity contribution in [3.8, 4) is 0 Å². The predicted molar refractivity (Wildman–Crippen MR) is 96.6 cm³/mol. The third kappa shape index (κ3) is 5.22. The molecule has 0 saturated carbocycles. The van der Waals surface area contributed by atoms with Crippen molar-refractivity contribution in [2.45, 2.75) is 33.2 Å². The lowest BCUT2D eigenvalue weighted by atomic mass is 9.91.